The molecule has 0 saturated heterocycles. The Morgan fingerprint density at radius 2 is 1.89 bits per heavy atom. The van der Waals surface area contributed by atoms with E-state index in [0.717, 1.165) is 34.5 Å². The molecular weight excluding hydrogens is 355 g/mol. The number of aromatic nitrogens is 2. The largest absolute Gasteiger partial charge is 0.392 e. The van der Waals surface area contributed by atoms with Crippen LogP contribution in [-0.4, -0.2) is 20.9 Å². The predicted octanol–water partition coefficient (Wildman–Crippen LogP) is 4.45. The first-order chi connectivity index (χ1) is 13.4. The maximum Gasteiger partial charge on any atom is 0.165 e. The summed E-state index contributed by atoms with van der Waals surface area (Å²) in [4.78, 5) is 20.6. The summed E-state index contributed by atoms with van der Waals surface area (Å²) in [6.07, 6.45) is 5.07. The Morgan fingerprint density at radius 3 is 2.61 bits per heavy atom. The summed E-state index contributed by atoms with van der Waals surface area (Å²) in [6.45, 7) is 3.81. The van der Waals surface area contributed by atoms with Crippen molar-refractivity contribution in [3.8, 4) is 11.3 Å². The monoisotopic (exact) mass is 378 g/mol. The van der Waals surface area contributed by atoms with Gasteiger partial charge in [0.05, 0.1) is 12.3 Å². The summed E-state index contributed by atoms with van der Waals surface area (Å²) in [7, 11) is 0. The van der Waals surface area contributed by atoms with Crippen molar-refractivity contribution in [2.45, 2.75) is 39.7 Å². The van der Waals surface area contributed by atoms with Crippen LogP contribution in [-0.2, 0) is 19.4 Å². The minimum Gasteiger partial charge on any atom is -0.392 e. The molecule has 1 aliphatic rings. The highest BCUT2D eigenvalue weighted by Gasteiger charge is 2.35. The Morgan fingerprint density at radius 1 is 1.14 bits per heavy atom. The van der Waals surface area contributed by atoms with Gasteiger partial charge in [0.25, 0.3) is 0 Å². The summed E-state index contributed by atoms with van der Waals surface area (Å²) >= 11 is 0. The molecule has 0 fully saturated rings. The number of H-pyrrole nitrogens is 1. The summed E-state index contributed by atoms with van der Waals surface area (Å²) in [5.41, 5.74) is 5.19. The summed E-state index contributed by atoms with van der Waals surface area (Å²) in [6, 6.07) is 8.59. The normalized spacial score (nSPS) is 15.5. The van der Waals surface area contributed by atoms with E-state index in [4.69, 9.17) is 0 Å². The molecule has 0 saturated carbocycles. The van der Waals surface area contributed by atoms with E-state index in [-0.39, 0.29) is 23.4 Å². The van der Waals surface area contributed by atoms with Crippen LogP contribution in [0.15, 0.2) is 42.7 Å². The van der Waals surface area contributed by atoms with E-state index >= 15 is 0 Å². The Labute approximate surface area is 163 Å². The fraction of sp³-hybridized carbons (Fsp3) is 0.304. The quantitative estimate of drug-likeness (QED) is 0.705. The first-order valence-electron chi connectivity index (χ1n) is 9.44. The van der Waals surface area contributed by atoms with Gasteiger partial charge >= 0.3 is 0 Å². The van der Waals surface area contributed by atoms with Crippen LogP contribution in [0.1, 0.15) is 53.0 Å². The highest BCUT2D eigenvalue weighted by Crippen LogP contribution is 2.40. The minimum atomic E-state index is -0.428. The van der Waals surface area contributed by atoms with E-state index in [1.807, 2.05) is 18.2 Å². The van der Waals surface area contributed by atoms with Gasteiger partial charge in [0.15, 0.2) is 5.78 Å². The zero-order valence-corrected chi connectivity index (χ0v) is 16.1. The third-order valence-corrected chi connectivity index (χ3v) is 5.46. The Bertz CT molecular complexity index is 1040. The van der Waals surface area contributed by atoms with Gasteiger partial charge in [-0.1, -0.05) is 26.0 Å². The zero-order valence-electron chi connectivity index (χ0n) is 16.1. The molecule has 2 N–H and O–H groups in total. The fourth-order valence-electron chi connectivity index (χ4n) is 4.21. The Hall–Kier alpha value is -2.79. The first kappa shape index (κ1) is 18.6. The lowest BCUT2D eigenvalue weighted by Crippen LogP contribution is -2.27. The lowest BCUT2D eigenvalue weighted by atomic mass is 9.75. The van der Waals surface area contributed by atoms with Crippen molar-refractivity contribution in [2.75, 3.05) is 0 Å². The minimum absolute atomic E-state index is 0.100. The van der Waals surface area contributed by atoms with E-state index in [1.54, 1.807) is 18.5 Å². The summed E-state index contributed by atoms with van der Waals surface area (Å²) in [5.74, 6) is -0.318. The van der Waals surface area contributed by atoms with Crippen LogP contribution < -0.4 is 0 Å². The number of halogens is 1. The third kappa shape index (κ3) is 3.27. The number of benzene rings is 1. The topological polar surface area (TPSA) is 66.0 Å². The van der Waals surface area contributed by atoms with Gasteiger partial charge in [-0.25, -0.2) is 4.39 Å². The highest BCUT2D eigenvalue weighted by atomic mass is 19.1. The molecule has 2 heterocycles. The van der Waals surface area contributed by atoms with Gasteiger partial charge in [-0.3, -0.25) is 9.78 Å². The number of aliphatic hydroxyl groups is 1. The summed E-state index contributed by atoms with van der Waals surface area (Å²) < 4.78 is 14.2. The van der Waals surface area contributed by atoms with Crippen molar-refractivity contribution in [1.82, 2.24) is 9.97 Å². The van der Waals surface area contributed by atoms with E-state index < -0.39 is 5.82 Å². The van der Waals surface area contributed by atoms with Crippen LogP contribution in [0.4, 0.5) is 4.39 Å². The average Bonchev–Trinajstić information content (AvgIpc) is 3.00. The SMILES string of the molecule is CC1(C)CC(=O)c2c([nH]c(-c3ccncc3)c2Cc2cccc(F)c2CO)C1. The van der Waals surface area contributed by atoms with Gasteiger partial charge in [0.2, 0.25) is 0 Å². The molecule has 0 bridgehead atoms. The van der Waals surface area contributed by atoms with Crippen LogP contribution in [0.5, 0.6) is 0 Å². The maximum atomic E-state index is 14.2. The summed E-state index contributed by atoms with van der Waals surface area (Å²) in [5, 5.41) is 9.65. The molecule has 1 aliphatic carbocycles. The van der Waals surface area contributed by atoms with Crippen molar-refractivity contribution >= 4 is 5.78 Å². The van der Waals surface area contributed by atoms with E-state index in [2.05, 4.69) is 23.8 Å². The molecule has 28 heavy (non-hydrogen) atoms. The zero-order chi connectivity index (χ0) is 19.9. The lowest BCUT2D eigenvalue weighted by molar-refractivity contribution is 0.0911. The molecule has 0 amide bonds. The number of carbonyl (C=O) groups is 1. The predicted molar refractivity (Wildman–Crippen MR) is 106 cm³/mol. The number of rotatable bonds is 4. The molecular formula is C23H23FN2O2. The van der Waals surface area contributed by atoms with Gasteiger partial charge in [0, 0.05) is 47.6 Å². The van der Waals surface area contributed by atoms with Gasteiger partial charge in [-0.2, -0.15) is 0 Å². The number of nitrogens with one attached hydrogen (secondary N) is 1. The second kappa shape index (κ2) is 6.99. The van der Waals surface area contributed by atoms with Crippen molar-refractivity contribution in [2.24, 2.45) is 5.41 Å². The third-order valence-electron chi connectivity index (χ3n) is 5.46. The van der Waals surface area contributed by atoms with Gasteiger partial charge in [-0.05, 0) is 41.2 Å². The van der Waals surface area contributed by atoms with Gasteiger partial charge in [0.1, 0.15) is 5.82 Å². The Balaban J connectivity index is 1.90. The number of aliphatic hydroxyl groups excluding tert-OH is 1. The first-order valence-corrected chi connectivity index (χ1v) is 9.44. The smallest absolute Gasteiger partial charge is 0.165 e. The number of ketones is 1. The molecule has 5 heteroatoms. The second-order valence-electron chi connectivity index (χ2n) is 8.22. The number of hydrogen-bond donors (Lipinski definition) is 2. The molecule has 144 valence electrons. The van der Waals surface area contributed by atoms with Crippen LogP contribution >= 0.6 is 0 Å². The molecule has 3 aromatic rings. The fourth-order valence-corrected chi connectivity index (χ4v) is 4.21. The molecule has 0 aliphatic heterocycles. The number of pyridine rings is 1. The average molecular weight is 378 g/mol. The number of Topliss-reactive ketones (excluding diaryl/α,β-unsaturated/α-hetero) is 1. The lowest BCUT2D eigenvalue weighted by Gasteiger charge is -2.28. The van der Waals surface area contributed by atoms with E-state index in [1.165, 1.54) is 6.07 Å². The van der Waals surface area contributed by atoms with Gasteiger partial charge < -0.3 is 10.1 Å². The molecule has 0 radical (unpaired) electrons. The van der Waals surface area contributed by atoms with Crippen LogP contribution in [0.25, 0.3) is 11.3 Å². The standard InChI is InChI=1S/C23H23FN2O2/c1-23(2)11-19-21(20(28)12-23)16(22(26-19)14-6-8-25-9-7-14)10-15-4-3-5-18(24)17(15)13-27/h3-9,26-27H,10-13H2,1-2H3. The van der Waals surface area contributed by atoms with Crippen molar-refractivity contribution in [1.29, 1.82) is 0 Å². The van der Waals surface area contributed by atoms with Gasteiger partial charge in [-0.15, -0.1) is 0 Å². The van der Waals surface area contributed by atoms with Crippen LogP contribution in [0.3, 0.4) is 0 Å². The number of nitrogens with zero attached hydrogens (tertiary/aromatic N) is 1. The molecule has 0 spiro atoms. The van der Waals surface area contributed by atoms with Crippen molar-refractivity contribution in [3.63, 3.8) is 0 Å². The number of hydrogen-bond acceptors (Lipinski definition) is 3. The Kier molecular flexibility index (Phi) is 4.63. The molecule has 0 unspecified atom stereocenters. The van der Waals surface area contributed by atoms with E-state index in [9.17, 15) is 14.3 Å². The van der Waals surface area contributed by atoms with Crippen LogP contribution in [0, 0.1) is 11.2 Å². The second-order valence-corrected chi connectivity index (χ2v) is 8.22. The maximum absolute atomic E-state index is 14.2. The number of fused-ring (bicyclic) bond motifs is 1. The van der Waals surface area contributed by atoms with Crippen molar-refractivity contribution < 1.29 is 14.3 Å². The number of aromatic amines is 1. The molecule has 0 atom stereocenters. The van der Waals surface area contributed by atoms with Crippen molar-refractivity contribution in [3.05, 3.63) is 76.5 Å². The van der Waals surface area contributed by atoms with Crippen LogP contribution in [0.2, 0.25) is 0 Å². The molecule has 4 nitrogen and oxygen atoms in total. The number of carbonyl (C=O) groups excluding carboxylic acids is 1. The molecule has 1 aromatic carbocycles. The molecule has 2 aromatic heterocycles. The highest BCUT2D eigenvalue weighted by molar-refractivity contribution is 6.02. The van der Waals surface area contributed by atoms with E-state index in [0.29, 0.717) is 18.4 Å². The molecule has 4 rings (SSSR count).